The number of ether oxygens (including phenoxy) is 1. The molecule has 0 unspecified atom stereocenters. The van der Waals surface area contributed by atoms with Crippen LogP contribution in [-0.2, 0) is 4.74 Å². The Hall–Kier alpha value is -1.91. The molecule has 1 rings (SSSR count). The highest BCUT2D eigenvalue weighted by atomic mass is 16.6. The Kier molecular flexibility index (Phi) is 4.83. The Balaban J connectivity index is 2.23. The first-order valence-corrected chi connectivity index (χ1v) is 5.94. The van der Waals surface area contributed by atoms with Crippen LogP contribution in [0.15, 0.2) is 24.3 Å². The maximum absolute atomic E-state index is 11.4. The first kappa shape index (κ1) is 14.2. The summed E-state index contributed by atoms with van der Waals surface area (Å²) < 4.78 is 5.11. The molecule has 0 spiro atoms. The number of benzene rings is 1. The quantitative estimate of drug-likeness (QED) is 0.566. The van der Waals surface area contributed by atoms with Gasteiger partial charge in [-0.2, -0.15) is 0 Å². The summed E-state index contributed by atoms with van der Waals surface area (Å²) in [6.45, 7) is 6.55. The van der Waals surface area contributed by atoms with Crippen molar-refractivity contribution in [1.82, 2.24) is 5.32 Å². The highest BCUT2D eigenvalue weighted by molar-refractivity contribution is 5.68. The third-order valence-electron chi connectivity index (χ3n) is 2.07. The number of nitrogens with one attached hydrogen (secondary N) is 2. The van der Waals surface area contributed by atoms with Crippen LogP contribution in [0.3, 0.4) is 0 Å². The topological polar surface area (TPSA) is 76.4 Å². The molecule has 5 heteroatoms. The molecular formula is C13H21N3O2. The average Bonchev–Trinajstić information content (AvgIpc) is 2.24. The van der Waals surface area contributed by atoms with E-state index in [0.717, 1.165) is 5.69 Å². The molecule has 0 atom stereocenters. The van der Waals surface area contributed by atoms with Crippen molar-refractivity contribution in [3.8, 4) is 0 Å². The highest BCUT2D eigenvalue weighted by Crippen LogP contribution is 2.15. The van der Waals surface area contributed by atoms with E-state index in [-0.39, 0.29) is 0 Å². The van der Waals surface area contributed by atoms with Crippen LogP contribution in [0.4, 0.5) is 16.2 Å². The number of hydrogen-bond donors (Lipinski definition) is 3. The Morgan fingerprint density at radius 3 is 2.56 bits per heavy atom. The molecule has 0 radical (unpaired) electrons. The number of carbonyl (C=O) groups is 1. The summed E-state index contributed by atoms with van der Waals surface area (Å²) in [5.74, 6) is 0. The smallest absolute Gasteiger partial charge is 0.407 e. The summed E-state index contributed by atoms with van der Waals surface area (Å²) in [7, 11) is 0. The Bertz CT molecular complexity index is 399. The van der Waals surface area contributed by atoms with Gasteiger partial charge in [0.05, 0.1) is 11.4 Å². The Morgan fingerprint density at radius 1 is 1.28 bits per heavy atom. The number of nitrogens with two attached hydrogens (primary N) is 1. The van der Waals surface area contributed by atoms with E-state index in [0.29, 0.717) is 18.8 Å². The van der Waals surface area contributed by atoms with Crippen LogP contribution in [0.2, 0.25) is 0 Å². The highest BCUT2D eigenvalue weighted by Gasteiger charge is 2.15. The fraction of sp³-hybridized carbons (Fsp3) is 0.462. The fourth-order valence-corrected chi connectivity index (χ4v) is 1.33. The SMILES string of the molecule is CC(C)(C)OC(=O)NCCNc1ccccc1N. The zero-order chi connectivity index (χ0) is 13.6. The van der Waals surface area contributed by atoms with Crippen molar-refractivity contribution in [2.45, 2.75) is 26.4 Å². The predicted molar refractivity (Wildman–Crippen MR) is 73.6 cm³/mol. The molecule has 0 heterocycles. The number of alkyl carbamates (subject to hydrolysis) is 1. The summed E-state index contributed by atoms with van der Waals surface area (Å²) in [6.07, 6.45) is -0.412. The van der Waals surface area contributed by atoms with Crippen LogP contribution >= 0.6 is 0 Å². The summed E-state index contributed by atoms with van der Waals surface area (Å²) in [5.41, 5.74) is 6.85. The number of rotatable bonds is 4. The minimum atomic E-state index is -0.471. The fourth-order valence-electron chi connectivity index (χ4n) is 1.33. The van der Waals surface area contributed by atoms with Gasteiger partial charge in [-0.25, -0.2) is 4.79 Å². The molecule has 0 fully saturated rings. The third-order valence-corrected chi connectivity index (χ3v) is 2.07. The molecule has 4 N–H and O–H groups in total. The number of carbonyl (C=O) groups excluding carboxylic acids is 1. The largest absolute Gasteiger partial charge is 0.444 e. The first-order chi connectivity index (χ1) is 8.38. The molecule has 0 saturated carbocycles. The monoisotopic (exact) mass is 251 g/mol. The molecule has 1 aromatic rings. The lowest BCUT2D eigenvalue weighted by Gasteiger charge is -2.19. The lowest BCUT2D eigenvalue weighted by atomic mass is 10.2. The number of anilines is 2. The van der Waals surface area contributed by atoms with Crippen LogP contribution in [-0.4, -0.2) is 24.8 Å². The van der Waals surface area contributed by atoms with Crippen LogP contribution < -0.4 is 16.4 Å². The van der Waals surface area contributed by atoms with Crippen molar-refractivity contribution >= 4 is 17.5 Å². The molecule has 0 bridgehead atoms. The second-order valence-electron chi connectivity index (χ2n) is 4.94. The molecule has 5 nitrogen and oxygen atoms in total. The summed E-state index contributed by atoms with van der Waals surface area (Å²) >= 11 is 0. The summed E-state index contributed by atoms with van der Waals surface area (Å²) in [5, 5.41) is 5.80. The van der Waals surface area contributed by atoms with Gasteiger partial charge >= 0.3 is 6.09 Å². The van der Waals surface area contributed by atoms with E-state index in [9.17, 15) is 4.79 Å². The molecule has 0 aromatic heterocycles. The van der Waals surface area contributed by atoms with Crippen molar-refractivity contribution in [3.05, 3.63) is 24.3 Å². The predicted octanol–water partition coefficient (Wildman–Crippen LogP) is 2.21. The number of hydrogen-bond acceptors (Lipinski definition) is 4. The normalized spacial score (nSPS) is 10.8. The van der Waals surface area contributed by atoms with Crippen molar-refractivity contribution in [2.24, 2.45) is 0 Å². The van der Waals surface area contributed by atoms with Crippen LogP contribution in [0.5, 0.6) is 0 Å². The van der Waals surface area contributed by atoms with Crippen molar-refractivity contribution < 1.29 is 9.53 Å². The minimum Gasteiger partial charge on any atom is -0.444 e. The van der Waals surface area contributed by atoms with E-state index in [1.807, 2.05) is 45.0 Å². The molecule has 18 heavy (non-hydrogen) atoms. The molecule has 100 valence electrons. The van der Waals surface area contributed by atoms with E-state index in [1.54, 1.807) is 0 Å². The Labute approximate surface area is 108 Å². The standard InChI is InChI=1S/C13H21N3O2/c1-13(2,3)18-12(17)16-9-8-15-11-7-5-4-6-10(11)14/h4-7,15H,8-9,14H2,1-3H3,(H,16,17). The Morgan fingerprint density at radius 2 is 1.94 bits per heavy atom. The van der Waals surface area contributed by atoms with Crippen LogP contribution in [0.25, 0.3) is 0 Å². The molecule has 0 aliphatic heterocycles. The van der Waals surface area contributed by atoms with E-state index >= 15 is 0 Å². The minimum absolute atomic E-state index is 0.412. The zero-order valence-corrected chi connectivity index (χ0v) is 11.1. The lowest BCUT2D eigenvalue weighted by molar-refractivity contribution is 0.0530. The second-order valence-corrected chi connectivity index (χ2v) is 4.94. The molecule has 1 aromatic carbocycles. The van der Waals surface area contributed by atoms with E-state index < -0.39 is 11.7 Å². The van der Waals surface area contributed by atoms with Gasteiger partial charge < -0.3 is 21.1 Å². The van der Waals surface area contributed by atoms with Crippen molar-refractivity contribution in [1.29, 1.82) is 0 Å². The summed E-state index contributed by atoms with van der Waals surface area (Å²) in [6, 6.07) is 7.49. The average molecular weight is 251 g/mol. The molecule has 0 aliphatic carbocycles. The van der Waals surface area contributed by atoms with E-state index in [2.05, 4.69) is 10.6 Å². The van der Waals surface area contributed by atoms with Gasteiger partial charge in [-0.3, -0.25) is 0 Å². The van der Waals surface area contributed by atoms with Gasteiger partial charge in [0, 0.05) is 13.1 Å². The molecule has 0 aliphatic rings. The van der Waals surface area contributed by atoms with Gasteiger partial charge in [0.2, 0.25) is 0 Å². The number of para-hydroxylation sites is 2. The maximum atomic E-state index is 11.4. The summed E-state index contributed by atoms with van der Waals surface area (Å²) in [4.78, 5) is 11.4. The van der Waals surface area contributed by atoms with Gasteiger partial charge in [0.1, 0.15) is 5.60 Å². The number of amides is 1. The first-order valence-electron chi connectivity index (χ1n) is 5.94. The number of nitrogen functional groups attached to an aromatic ring is 1. The van der Waals surface area contributed by atoms with Gasteiger partial charge in [-0.15, -0.1) is 0 Å². The maximum Gasteiger partial charge on any atom is 0.407 e. The van der Waals surface area contributed by atoms with E-state index in [1.165, 1.54) is 0 Å². The van der Waals surface area contributed by atoms with Gasteiger partial charge in [-0.1, -0.05) is 12.1 Å². The molecular weight excluding hydrogens is 230 g/mol. The van der Waals surface area contributed by atoms with Gasteiger partial charge in [-0.05, 0) is 32.9 Å². The molecule has 1 amide bonds. The van der Waals surface area contributed by atoms with Crippen molar-refractivity contribution in [2.75, 3.05) is 24.1 Å². The van der Waals surface area contributed by atoms with Gasteiger partial charge in [0.15, 0.2) is 0 Å². The van der Waals surface area contributed by atoms with Gasteiger partial charge in [0.25, 0.3) is 0 Å². The third kappa shape index (κ3) is 5.43. The molecule has 0 saturated heterocycles. The zero-order valence-electron chi connectivity index (χ0n) is 11.1. The van der Waals surface area contributed by atoms with Crippen LogP contribution in [0.1, 0.15) is 20.8 Å². The van der Waals surface area contributed by atoms with Crippen LogP contribution in [0, 0.1) is 0 Å². The van der Waals surface area contributed by atoms with Crippen molar-refractivity contribution in [3.63, 3.8) is 0 Å². The second kappa shape index (κ2) is 6.14. The lowest BCUT2D eigenvalue weighted by Crippen LogP contribution is -2.35. The van der Waals surface area contributed by atoms with E-state index in [4.69, 9.17) is 10.5 Å².